The average molecular weight is 324 g/mol. The fourth-order valence-electron chi connectivity index (χ4n) is 2.29. The third kappa shape index (κ3) is 4.00. The number of alkyl halides is 2. The first-order chi connectivity index (χ1) is 8.07. The van der Waals surface area contributed by atoms with Crippen LogP contribution in [0.4, 0.5) is 8.78 Å². The minimum atomic E-state index is -2.44. The van der Waals surface area contributed by atoms with Gasteiger partial charge in [0.15, 0.2) is 0 Å². The first-order valence-corrected chi connectivity index (χ1v) is 7.54. The van der Waals surface area contributed by atoms with Crippen LogP contribution in [0.25, 0.3) is 0 Å². The Hall–Kier alpha value is -0.000000000000000111. The maximum atomic E-state index is 13.2. The zero-order chi connectivity index (χ0) is 12.3. The fourth-order valence-corrected chi connectivity index (χ4v) is 3.75. The molecule has 1 aromatic heterocycles. The highest BCUT2D eigenvalue weighted by Gasteiger charge is 2.35. The molecule has 1 saturated carbocycles. The van der Waals surface area contributed by atoms with Crippen molar-refractivity contribution >= 4 is 27.3 Å². The van der Waals surface area contributed by atoms with Gasteiger partial charge < -0.3 is 5.32 Å². The zero-order valence-electron chi connectivity index (χ0n) is 9.52. The molecule has 1 unspecified atom stereocenters. The predicted octanol–water partition coefficient (Wildman–Crippen LogP) is 4.43. The van der Waals surface area contributed by atoms with E-state index in [1.807, 2.05) is 11.4 Å². The van der Waals surface area contributed by atoms with Crippen LogP contribution >= 0.6 is 27.3 Å². The Morgan fingerprint density at radius 2 is 2.35 bits per heavy atom. The third-order valence-electron chi connectivity index (χ3n) is 3.15. The molecule has 1 heterocycles. The van der Waals surface area contributed by atoms with E-state index in [-0.39, 0.29) is 18.8 Å². The van der Waals surface area contributed by atoms with Crippen molar-refractivity contribution in [1.82, 2.24) is 5.32 Å². The van der Waals surface area contributed by atoms with Gasteiger partial charge in [0.25, 0.3) is 0 Å². The summed E-state index contributed by atoms with van der Waals surface area (Å²) in [6, 6.07) is 2.01. The maximum absolute atomic E-state index is 13.2. The lowest BCUT2D eigenvalue weighted by Crippen LogP contribution is -2.32. The highest BCUT2D eigenvalue weighted by atomic mass is 79.9. The van der Waals surface area contributed by atoms with E-state index in [0.717, 1.165) is 17.4 Å². The summed E-state index contributed by atoms with van der Waals surface area (Å²) in [6.07, 6.45) is 1.70. The van der Waals surface area contributed by atoms with Gasteiger partial charge in [-0.1, -0.05) is 0 Å². The summed E-state index contributed by atoms with van der Waals surface area (Å²) >= 11 is 5.14. The molecular formula is C12H16BrF2NS. The van der Waals surface area contributed by atoms with Crippen LogP contribution in [0.2, 0.25) is 0 Å². The van der Waals surface area contributed by atoms with Crippen LogP contribution in [-0.4, -0.2) is 12.5 Å². The van der Waals surface area contributed by atoms with E-state index in [1.54, 1.807) is 11.3 Å². The topological polar surface area (TPSA) is 12.0 Å². The van der Waals surface area contributed by atoms with Crippen molar-refractivity contribution in [1.29, 1.82) is 0 Å². The highest BCUT2D eigenvalue weighted by Crippen LogP contribution is 2.36. The molecule has 96 valence electrons. The molecule has 0 spiro atoms. The molecule has 1 aliphatic carbocycles. The second-order valence-electron chi connectivity index (χ2n) is 4.64. The minimum Gasteiger partial charge on any atom is -0.312 e. The van der Waals surface area contributed by atoms with E-state index < -0.39 is 5.92 Å². The first kappa shape index (κ1) is 13.4. The molecule has 2 rings (SSSR count). The minimum absolute atomic E-state index is 0.0472. The van der Waals surface area contributed by atoms with E-state index in [4.69, 9.17) is 0 Å². The number of nitrogens with one attached hydrogen (secondary N) is 1. The summed E-state index contributed by atoms with van der Waals surface area (Å²) in [5.41, 5.74) is 0. The molecule has 1 nitrogen and oxygen atoms in total. The average Bonchev–Trinajstić information content (AvgIpc) is 2.63. The zero-order valence-corrected chi connectivity index (χ0v) is 11.9. The molecule has 1 N–H and O–H groups in total. The molecule has 1 atom stereocenters. The number of thiophene rings is 1. The Labute approximate surface area is 113 Å². The van der Waals surface area contributed by atoms with E-state index in [1.165, 1.54) is 4.88 Å². The van der Waals surface area contributed by atoms with Crippen molar-refractivity contribution in [2.75, 3.05) is 6.54 Å². The van der Waals surface area contributed by atoms with E-state index in [2.05, 4.69) is 21.2 Å². The van der Waals surface area contributed by atoms with Crippen LogP contribution in [-0.2, 0) is 6.54 Å². The van der Waals surface area contributed by atoms with Gasteiger partial charge in [-0.25, -0.2) is 8.78 Å². The van der Waals surface area contributed by atoms with Gasteiger partial charge in [-0.2, -0.15) is 0 Å². The van der Waals surface area contributed by atoms with Crippen LogP contribution in [0, 0.1) is 5.92 Å². The first-order valence-electron chi connectivity index (χ1n) is 5.87. The second kappa shape index (κ2) is 5.76. The third-order valence-corrected chi connectivity index (χ3v) is 5.08. The molecule has 1 fully saturated rings. The summed E-state index contributed by atoms with van der Waals surface area (Å²) in [5, 5.41) is 5.31. The fraction of sp³-hybridized carbons (Fsp3) is 0.667. The smallest absolute Gasteiger partial charge is 0.248 e. The monoisotopic (exact) mass is 323 g/mol. The van der Waals surface area contributed by atoms with Crippen LogP contribution in [0.5, 0.6) is 0 Å². The molecule has 0 saturated heterocycles. The van der Waals surface area contributed by atoms with Crippen molar-refractivity contribution in [3.63, 3.8) is 0 Å². The molecule has 0 bridgehead atoms. The van der Waals surface area contributed by atoms with E-state index >= 15 is 0 Å². The Kier molecular flexibility index (Phi) is 4.55. The molecule has 1 aliphatic rings. The van der Waals surface area contributed by atoms with Gasteiger partial charge >= 0.3 is 0 Å². The summed E-state index contributed by atoms with van der Waals surface area (Å²) in [7, 11) is 0. The van der Waals surface area contributed by atoms with Crippen LogP contribution in [0.3, 0.4) is 0 Å². The normalized spacial score (nSPS) is 23.8. The van der Waals surface area contributed by atoms with Gasteiger partial charge in [0.05, 0.1) is 0 Å². The van der Waals surface area contributed by atoms with Crippen molar-refractivity contribution in [2.45, 2.75) is 38.2 Å². The Bertz CT molecular complexity index is 367. The van der Waals surface area contributed by atoms with E-state index in [0.29, 0.717) is 13.0 Å². The molecule has 0 aliphatic heterocycles. The lowest BCUT2D eigenvalue weighted by molar-refractivity contribution is -0.0520. The molecule has 5 heteroatoms. The van der Waals surface area contributed by atoms with Crippen LogP contribution in [0.15, 0.2) is 15.9 Å². The second-order valence-corrected chi connectivity index (χ2v) is 6.50. The molecule has 1 aromatic rings. The van der Waals surface area contributed by atoms with Crippen molar-refractivity contribution in [3.05, 3.63) is 20.8 Å². The SMILES string of the molecule is FC1(F)CCCC(CNCc2sccc2Br)C1. The van der Waals surface area contributed by atoms with Crippen molar-refractivity contribution in [2.24, 2.45) is 5.92 Å². The van der Waals surface area contributed by atoms with E-state index in [9.17, 15) is 8.78 Å². The number of rotatable bonds is 4. The van der Waals surface area contributed by atoms with Crippen LogP contribution < -0.4 is 5.32 Å². The van der Waals surface area contributed by atoms with Gasteiger partial charge in [-0.3, -0.25) is 0 Å². The Morgan fingerprint density at radius 1 is 1.53 bits per heavy atom. The predicted molar refractivity (Wildman–Crippen MR) is 70.6 cm³/mol. The standard InChI is InChI=1S/C12H16BrF2NS/c13-10-3-5-17-11(10)8-16-7-9-2-1-4-12(14,15)6-9/h3,5,9,16H,1-2,4,6-8H2. The molecule has 0 amide bonds. The highest BCUT2D eigenvalue weighted by molar-refractivity contribution is 9.10. The summed E-state index contributed by atoms with van der Waals surface area (Å²) in [6.45, 7) is 1.46. The molecule has 0 aromatic carbocycles. The van der Waals surface area contributed by atoms with Gasteiger partial charge in [0.2, 0.25) is 5.92 Å². The number of halogens is 3. The molecule has 17 heavy (non-hydrogen) atoms. The quantitative estimate of drug-likeness (QED) is 0.864. The van der Waals surface area contributed by atoms with Gasteiger partial charge in [0.1, 0.15) is 0 Å². The Morgan fingerprint density at radius 3 is 3.00 bits per heavy atom. The summed E-state index contributed by atoms with van der Waals surface area (Å²) in [4.78, 5) is 1.23. The van der Waals surface area contributed by atoms with Crippen molar-refractivity contribution in [3.8, 4) is 0 Å². The number of hydrogen-bond donors (Lipinski definition) is 1. The molecule has 0 radical (unpaired) electrons. The molecular weight excluding hydrogens is 308 g/mol. The summed E-state index contributed by atoms with van der Waals surface area (Å²) in [5.74, 6) is -2.31. The largest absolute Gasteiger partial charge is 0.312 e. The van der Waals surface area contributed by atoms with Crippen molar-refractivity contribution < 1.29 is 8.78 Å². The maximum Gasteiger partial charge on any atom is 0.248 e. The lowest BCUT2D eigenvalue weighted by atomic mass is 9.86. The van der Waals surface area contributed by atoms with Gasteiger partial charge in [-0.15, -0.1) is 11.3 Å². The van der Waals surface area contributed by atoms with Crippen LogP contribution in [0.1, 0.15) is 30.6 Å². The summed E-state index contributed by atoms with van der Waals surface area (Å²) < 4.78 is 27.5. The lowest BCUT2D eigenvalue weighted by Gasteiger charge is -2.28. The van der Waals surface area contributed by atoms with Gasteiger partial charge in [-0.05, 0) is 52.7 Å². The van der Waals surface area contributed by atoms with Gasteiger partial charge in [0, 0.05) is 28.7 Å². The Balaban J connectivity index is 1.74. The number of hydrogen-bond acceptors (Lipinski definition) is 2.